The minimum Gasteiger partial charge on any atom is -0.325 e. The molecule has 0 amide bonds. The lowest BCUT2D eigenvalue weighted by Gasteiger charge is -2.43. The average Bonchev–Trinajstić information content (AvgIpc) is 2.08. The second kappa shape index (κ2) is 2.15. The van der Waals surface area contributed by atoms with Gasteiger partial charge < -0.3 is 14.2 Å². The Morgan fingerprint density at radius 2 is 1.70 bits per heavy atom. The second-order valence-electron chi connectivity index (χ2n) is 2.62. The molecule has 0 aromatic carbocycles. The first kappa shape index (κ1) is 6.52. The zero-order valence-corrected chi connectivity index (χ0v) is 5.51. The molecule has 3 aliphatic heterocycles. The molecule has 3 aliphatic rings. The third-order valence-electron chi connectivity index (χ3n) is 1.78. The van der Waals surface area contributed by atoms with Crippen molar-refractivity contribution >= 4 is 0 Å². The van der Waals surface area contributed by atoms with Crippen LogP contribution in [0, 0.1) is 5.92 Å². The summed E-state index contributed by atoms with van der Waals surface area (Å²) in [6, 6.07) is 0. The lowest BCUT2D eigenvalue weighted by molar-refractivity contribution is -0.450. The summed E-state index contributed by atoms with van der Waals surface area (Å²) in [5.74, 6) is -1.04. The number of fused-ring (bicyclic) bond motifs is 3. The molecule has 0 unspecified atom stereocenters. The monoisotopic (exact) mass is 148 g/mol. The van der Waals surface area contributed by atoms with E-state index in [0.29, 0.717) is 25.7 Å². The largest absolute Gasteiger partial charge is 0.325 e. The first-order valence-electron chi connectivity index (χ1n) is 3.32. The lowest BCUT2D eigenvalue weighted by Crippen LogP contribution is -2.55. The minimum absolute atomic E-state index is 0.299. The van der Waals surface area contributed by atoms with E-state index in [1.54, 1.807) is 0 Å². The van der Waals surface area contributed by atoms with Gasteiger partial charge in [0.05, 0.1) is 19.8 Å². The van der Waals surface area contributed by atoms with E-state index >= 15 is 0 Å². The molecule has 0 aliphatic carbocycles. The molecule has 4 heteroatoms. The summed E-state index contributed by atoms with van der Waals surface area (Å²) < 4.78 is 27.2. The van der Waals surface area contributed by atoms with Crippen LogP contribution in [0.4, 0.5) is 4.39 Å². The zero-order chi connectivity index (χ0) is 7.03. The van der Waals surface area contributed by atoms with E-state index in [9.17, 15) is 4.39 Å². The Kier molecular flexibility index (Phi) is 1.40. The van der Waals surface area contributed by atoms with Crippen molar-refractivity contribution in [3.63, 3.8) is 0 Å². The maximum absolute atomic E-state index is 12.2. The van der Waals surface area contributed by atoms with Gasteiger partial charge in [-0.1, -0.05) is 0 Å². The predicted molar refractivity (Wildman–Crippen MR) is 30.1 cm³/mol. The van der Waals surface area contributed by atoms with E-state index in [1.165, 1.54) is 0 Å². The van der Waals surface area contributed by atoms with Crippen molar-refractivity contribution in [1.29, 1.82) is 0 Å². The van der Waals surface area contributed by atoms with E-state index in [1.807, 2.05) is 0 Å². The molecular weight excluding hydrogens is 139 g/mol. The van der Waals surface area contributed by atoms with Crippen LogP contribution in [-0.4, -0.2) is 32.5 Å². The Morgan fingerprint density at radius 3 is 2.00 bits per heavy atom. The van der Waals surface area contributed by atoms with Crippen molar-refractivity contribution in [3.05, 3.63) is 0 Å². The highest BCUT2D eigenvalue weighted by molar-refractivity contribution is 4.73. The minimum atomic E-state index is -1.34. The van der Waals surface area contributed by atoms with Gasteiger partial charge in [0.25, 0.3) is 0 Å². The van der Waals surface area contributed by atoms with E-state index in [4.69, 9.17) is 14.2 Å². The summed E-state index contributed by atoms with van der Waals surface area (Å²) in [6.45, 7) is 0.956. The first-order valence-corrected chi connectivity index (χ1v) is 3.32. The number of hydrogen-bond acceptors (Lipinski definition) is 3. The van der Waals surface area contributed by atoms with Crippen LogP contribution in [0.5, 0.6) is 0 Å². The Hall–Kier alpha value is -0.190. The van der Waals surface area contributed by atoms with Crippen LogP contribution in [-0.2, 0) is 14.2 Å². The molecule has 0 radical (unpaired) electrons. The van der Waals surface area contributed by atoms with Crippen LogP contribution in [0.1, 0.15) is 0 Å². The van der Waals surface area contributed by atoms with Gasteiger partial charge in [-0.2, -0.15) is 0 Å². The van der Waals surface area contributed by atoms with Gasteiger partial charge in [-0.3, -0.25) is 0 Å². The summed E-state index contributed by atoms with van der Waals surface area (Å²) in [5.41, 5.74) is 0. The molecule has 0 aromatic rings. The van der Waals surface area contributed by atoms with Crippen LogP contribution < -0.4 is 0 Å². The topological polar surface area (TPSA) is 27.7 Å². The maximum Gasteiger partial charge on any atom is 0.313 e. The highest BCUT2D eigenvalue weighted by atomic mass is 19.1. The summed E-state index contributed by atoms with van der Waals surface area (Å²) in [5, 5.41) is 0. The smallest absolute Gasteiger partial charge is 0.313 e. The van der Waals surface area contributed by atoms with E-state index < -0.39 is 12.6 Å². The summed E-state index contributed by atoms with van der Waals surface area (Å²) in [7, 11) is 0. The molecule has 0 aromatic heterocycles. The maximum atomic E-state index is 12.2. The first-order chi connectivity index (χ1) is 4.85. The van der Waals surface area contributed by atoms with Crippen molar-refractivity contribution in [3.8, 4) is 0 Å². The molecule has 0 atom stereocenters. The van der Waals surface area contributed by atoms with E-state index in [2.05, 4.69) is 0 Å². The van der Waals surface area contributed by atoms with Crippen LogP contribution in [0.25, 0.3) is 0 Å². The Bertz CT molecular complexity index is 117. The fourth-order valence-corrected chi connectivity index (χ4v) is 1.12. The van der Waals surface area contributed by atoms with Crippen molar-refractivity contribution in [2.24, 2.45) is 5.92 Å². The standard InChI is InChI=1S/C6H9FO3/c7-4-6-8-1-5(2-9-6)3-10-6/h5H,1-4H2. The third kappa shape index (κ3) is 0.836. The molecule has 58 valence electrons. The average molecular weight is 148 g/mol. The van der Waals surface area contributed by atoms with Gasteiger partial charge in [-0.05, 0) is 0 Å². The normalized spacial score (nSPS) is 45.9. The molecule has 3 heterocycles. The van der Waals surface area contributed by atoms with Gasteiger partial charge in [0, 0.05) is 5.92 Å². The van der Waals surface area contributed by atoms with Crippen LogP contribution >= 0.6 is 0 Å². The quantitative estimate of drug-likeness (QED) is 0.535. The van der Waals surface area contributed by atoms with Crippen molar-refractivity contribution in [1.82, 2.24) is 0 Å². The lowest BCUT2D eigenvalue weighted by atomic mass is 10.1. The summed E-state index contributed by atoms with van der Waals surface area (Å²) in [6.07, 6.45) is 0. The van der Waals surface area contributed by atoms with Gasteiger partial charge in [0.2, 0.25) is 0 Å². The predicted octanol–water partition coefficient (Wildman–Crippen LogP) is 0.303. The molecule has 3 fully saturated rings. The Balaban J connectivity index is 2.08. The van der Waals surface area contributed by atoms with E-state index in [-0.39, 0.29) is 0 Å². The molecule has 0 N–H and O–H groups in total. The third-order valence-corrected chi connectivity index (χ3v) is 1.78. The van der Waals surface area contributed by atoms with Gasteiger partial charge in [0.1, 0.15) is 0 Å². The van der Waals surface area contributed by atoms with Gasteiger partial charge >= 0.3 is 5.97 Å². The molecule has 3 rings (SSSR count). The molecule has 0 spiro atoms. The van der Waals surface area contributed by atoms with Crippen molar-refractivity contribution < 1.29 is 18.6 Å². The van der Waals surface area contributed by atoms with Crippen LogP contribution in [0.15, 0.2) is 0 Å². The molecule has 3 saturated heterocycles. The highest BCUT2D eigenvalue weighted by Crippen LogP contribution is 2.30. The Labute approximate surface area is 58.1 Å². The number of alkyl halides is 1. The summed E-state index contributed by atoms with van der Waals surface area (Å²) >= 11 is 0. The van der Waals surface area contributed by atoms with Gasteiger partial charge in [-0.15, -0.1) is 0 Å². The number of hydrogen-bond donors (Lipinski definition) is 0. The van der Waals surface area contributed by atoms with Crippen LogP contribution in [0.2, 0.25) is 0 Å². The molecule has 0 saturated carbocycles. The SMILES string of the molecule is FCC12OCC(CO1)CO2. The second-order valence-corrected chi connectivity index (χ2v) is 2.62. The highest BCUT2D eigenvalue weighted by Gasteiger charge is 2.44. The van der Waals surface area contributed by atoms with Crippen LogP contribution in [0.3, 0.4) is 0 Å². The summed E-state index contributed by atoms with van der Waals surface area (Å²) in [4.78, 5) is 0. The van der Waals surface area contributed by atoms with Crippen molar-refractivity contribution in [2.75, 3.05) is 26.5 Å². The van der Waals surface area contributed by atoms with E-state index in [0.717, 1.165) is 0 Å². The molecular formula is C6H9FO3. The van der Waals surface area contributed by atoms with Gasteiger partial charge in [0.15, 0.2) is 6.67 Å². The number of rotatable bonds is 1. The fraction of sp³-hybridized carbons (Fsp3) is 1.00. The van der Waals surface area contributed by atoms with Crippen molar-refractivity contribution in [2.45, 2.75) is 5.97 Å². The Morgan fingerprint density at radius 1 is 1.20 bits per heavy atom. The van der Waals surface area contributed by atoms with Gasteiger partial charge in [-0.25, -0.2) is 4.39 Å². The molecule has 10 heavy (non-hydrogen) atoms. The fourth-order valence-electron chi connectivity index (χ4n) is 1.12. The molecule has 2 bridgehead atoms. The number of ether oxygens (including phenoxy) is 3. The number of halogens is 1. The zero-order valence-electron chi connectivity index (χ0n) is 5.51. The molecule has 3 nitrogen and oxygen atoms in total.